The molecule has 0 saturated carbocycles. The Hall–Kier alpha value is -0.260. The highest BCUT2D eigenvalue weighted by Gasteiger charge is 2.21. The molecule has 0 saturated heterocycles. The molecule has 1 N–H and O–H groups in total. The lowest BCUT2D eigenvalue weighted by Gasteiger charge is -2.12. The van der Waals surface area contributed by atoms with E-state index >= 15 is 0 Å². The van der Waals surface area contributed by atoms with E-state index < -0.39 is 0 Å². The van der Waals surface area contributed by atoms with E-state index in [4.69, 9.17) is 9.47 Å². The Morgan fingerprint density at radius 1 is 1.33 bits per heavy atom. The zero-order valence-corrected chi connectivity index (χ0v) is 12.6. The van der Waals surface area contributed by atoms with Crippen LogP contribution >= 0.6 is 11.8 Å². The zero-order chi connectivity index (χ0) is 13.2. The highest BCUT2D eigenvalue weighted by atomic mass is 32.2. The van der Waals surface area contributed by atoms with Crippen molar-refractivity contribution in [2.45, 2.75) is 31.9 Å². The molecular formula is C13H26N2O2S. The Labute approximate surface area is 115 Å². The number of hydrogen-bond acceptors (Lipinski definition) is 5. The van der Waals surface area contributed by atoms with E-state index in [9.17, 15) is 0 Å². The van der Waals surface area contributed by atoms with Crippen LogP contribution in [0.15, 0.2) is 4.99 Å². The Kier molecular flexibility index (Phi) is 8.46. The monoisotopic (exact) mass is 274 g/mol. The summed E-state index contributed by atoms with van der Waals surface area (Å²) < 4.78 is 10.3. The van der Waals surface area contributed by atoms with E-state index in [0.717, 1.165) is 37.7 Å². The van der Waals surface area contributed by atoms with Crippen LogP contribution in [0.1, 0.15) is 26.7 Å². The van der Waals surface area contributed by atoms with E-state index in [1.54, 1.807) is 7.11 Å². The minimum Gasteiger partial charge on any atom is -0.382 e. The average molecular weight is 274 g/mol. The minimum atomic E-state index is 0.657. The van der Waals surface area contributed by atoms with Crippen molar-refractivity contribution in [3.63, 3.8) is 0 Å². The molecule has 0 radical (unpaired) electrons. The summed E-state index contributed by atoms with van der Waals surface area (Å²) in [5.74, 6) is 0.701. The van der Waals surface area contributed by atoms with E-state index in [2.05, 4.69) is 24.2 Å². The molecule has 4 nitrogen and oxygen atoms in total. The summed E-state index contributed by atoms with van der Waals surface area (Å²) in [6, 6.07) is 0. The van der Waals surface area contributed by atoms with E-state index in [1.807, 2.05) is 11.8 Å². The summed E-state index contributed by atoms with van der Waals surface area (Å²) in [5, 5.41) is 5.18. The zero-order valence-electron chi connectivity index (χ0n) is 11.8. The molecule has 0 aromatic rings. The van der Waals surface area contributed by atoms with Crippen molar-refractivity contribution in [1.29, 1.82) is 0 Å². The van der Waals surface area contributed by atoms with Crippen LogP contribution in [-0.2, 0) is 9.47 Å². The van der Waals surface area contributed by atoms with E-state index in [0.29, 0.717) is 24.4 Å². The first-order chi connectivity index (χ1) is 8.74. The predicted octanol–water partition coefficient (Wildman–Crippen LogP) is 2.15. The van der Waals surface area contributed by atoms with E-state index in [-0.39, 0.29) is 0 Å². The molecule has 1 rings (SSSR count). The Bertz CT molecular complexity index is 247. The smallest absolute Gasteiger partial charge is 0.156 e. The van der Waals surface area contributed by atoms with Crippen LogP contribution in [0, 0.1) is 5.92 Å². The third-order valence-electron chi connectivity index (χ3n) is 2.84. The van der Waals surface area contributed by atoms with Crippen molar-refractivity contribution in [2.24, 2.45) is 10.9 Å². The van der Waals surface area contributed by atoms with E-state index in [1.165, 1.54) is 0 Å². The number of thioether (sulfide) groups is 1. The molecule has 0 aromatic carbocycles. The first-order valence-corrected chi connectivity index (χ1v) is 7.63. The number of nitrogens with zero attached hydrogens (tertiary/aromatic N) is 1. The Morgan fingerprint density at radius 3 is 2.83 bits per heavy atom. The predicted molar refractivity (Wildman–Crippen MR) is 78.5 cm³/mol. The summed E-state index contributed by atoms with van der Waals surface area (Å²) in [7, 11) is 1.69. The number of unbranched alkanes of at least 4 members (excludes halogenated alkanes) is 1. The van der Waals surface area contributed by atoms with Gasteiger partial charge in [-0.15, -0.1) is 0 Å². The van der Waals surface area contributed by atoms with Gasteiger partial charge in [-0.1, -0.05) is 25.6 Å². The molecule has 1 unspecified atom stereocenters. The second-order valence-corrected chi connectivity index (χ2v) is 6.01. The van der Waals surface area contributed by atoms with Crippen molar-refractivity contribution < 1.29 is 9.47 Å². The van der Waals surface area contributed by atoms with Crippen LogP contribution < -0.4 is 5.32 Å². The number of hydrogen-bond donors (Lipinski definition) is 1. The number of ether oxygens (including phenoxy) is 2. The maximum atomic E-state index is 5.41. The Morgan fingerprint density at radius 2 is 2.17 bits per heavy atom. The van der Waals surface area contributed by atoms with Gasteiger partial charge in [-0.05, 0) is 18.8 Å². The summed E-state index contributed by atoms with van der Waals surface area (Å²) in [5.41, 5.74) is 0. The largest absolute Gasteiger partial charge is 0.382 e. The fraction of sp³-hybridized carbons (Fsp3) is 0.923. The van der Waals surface area contributed by atoms with Crippen molar-refractivity contribution in [1.82, 2.24) is 5.32 Å². The first-order valence-electron chi connectivity index (χ1n) is 6.75. The third-order valence-corrected chi connectivity index (χ3v) is 4.34. The summed E-state index contributed by atoms with van der Waals surface area (Å²) in [6.07, 6.45) is 2.21. The molecule has 1 heterocycles. The van der Waals surface area contributed by atoms with Gasteiger partial charge >= 0.3 is 0 Å². The average Bonchev–Trinajstić information content (AvgIpc) is 2.81. The highest BCUT2D eigenvalue weighted by Crippen LogP contribution is 2.25. The number of aliphatic imine (C=N–C) groups is 1. The molecule has 0 aromatic heterocycles. The van der Waals surface area contributed by atoms with Gasteiger partial charge in [0.15, 0.2) is 5.17 Å². The second-order valence-electron chi connectivity index (χ2n) is 4.79. The van der Waals surface area contributed by atoms with Crippen LogP contribution in [0.5, 0.6) is 0 Å². The lowest BCUT2D eigenvalue weighted by atomic mass is 10.1. The maximum Gasteiger partial charge on any atom is 0.156 e. The third kappa shape index (κ3) is 6.61. The quantitative estimate of drug-likeness (QED) is 0.654. The van der Waals surface area contributed by atoms with Crippen molar-refractivity contribution >= 4 is 16.9 Å². The van der Waals surface area contributed by atoms with Crippen molar-refractivity contribution in [2.75, 3.05) is 40.0 Å². The lowest BCUT2D eigenvalue weighted by molar-refractivity contribution is 0.0689. The number of amidine groups is 1. The molecule has 1 aliphatic rings. The van der Waals surface area contributed by atoms with Gasteiger partial charge in [0.25, 0.3) is 0 Å². The fourth-order valence-corrected chi connectivity index (χ4v) is 2.65. The standard InChI is InChI=1S/C13H26N2O2S/c1-11(2)12-10-15-13(18-12)14-6-4-5-7-17-9-8-16-3/h11-12H,4-10H2,1-3H3,(H,14,15). The molecule has 1 atom stereocenters. The second kappa shape index (κ2) is 9.64. The fourth-order valence-electron chi connectivity index (χ4n) is 1.60. The normalized spacial score (nSPS) is 19.3. The van der Waals surface area contributed by atoms with Gasteiger partial charge in [0.1, 0.15) is 0 Å². The number of nitrogens with one attached hydrogen (secondary N) is 1. The molecule has 0 bridgehead atoms. The van der Waals surface area contributed by atoms with Crippen LogP contribution in [0.3, 0.4) is 0 Å². The minimum absolute atomic E-state index is 0.657. The summed E-state index contributed by atoms with van der Waals surface area (Å²) in [6.45, 7) is 8.67. The molecule has 0 spiro atoms. The van der Waals surface area contributed by atoms with Crippen LogP contribution in [0.2, 0.25) is 0 Å². The van der Waals surface area contributed by atoms with Gasteiger partial charge in [-0.25, -0.2) is 0 Å². The number of methoxy groups -OCH3 is 1. The molecule has 0 amide bonds. The van der Waals surface area contributed by atoms with Crippen molar-refractivity contribution in [3.8, 4) is 0 Å². The van der Waals surface area contributed by atoms with Crippen LogP contribution in [0.25, 0.3) is 0 Å². The van der Waals surface area contributed by atoms with Crippen LogP contribution in [-0.4, -0.2) is 50.4 Å². The first kappa shape index (κ1) is 15.8. The molecule has 5 heteroatoms. The lowest BCUT2D eigenvalue weighted by Crippen LogP contribution is -2.21. The maximum absolute atomic E-state index is 5.41. The molecule has 0 fully saturated rings. The molecule has 1 aliphatic heterocycles. The SMILES string of the molecule is COCCOCCCCNC1=NCC(C(C)C)S1. The van der Waals surface area contributed by atoms with Gasteiger partial charge in [0.2, 0.25) is 0 Å². The molecular weight excluding hydrogens is 248 g/mol. The Balaban J connectivity index is 1.90. The molecule has 0 aliphatic carbocycles. The van der Waals surface area contributed by atoms with Gasteiger partial charge in [0.05, 0.1) is 19.8 Å². The van der Waals surface area contributed by atoms with Crippen molar-refractivity contribution in [3.05, 3.63) is 0 Å². The molecule has 106 valence electrons. The van der Waals surface area contributed by atoms with Crippen LogP contribution in [0.4, 0.5) is 0 Å². The van der Waals surface area contributed by atoms with Gasteiger partial charge < -0.3 is 14.8 Å². The number of rotatable bonds is 9. The van der Waals surface area contributed by atoms with Gasteiger partial charge in [-0.3, -0.25) is 4.99 Å². The van der Waals surface area contributed by atoms with Gasteiger partial charge in [0, 0.05) is 25.5 Å². The molecule has 18 heavy (non-hydrogen) atoms. The summed E-state index contributed by atoms with van der Waals surface area (Å²) in [4.78, 5) is 4.52. The van der Waals surface area contributed by atoms with Gasteiger partial charge in [-0.2, -0.15) is 0 Å². The topological polar surface area (TPSA) is 42.9 Å². The highest BCUT2D eigenvalue weighted by molar-refractivity contribution is 8.14. The summed E-state index contributed by atoms with van der Waals surface area (Å²) >= 11 is 1.88.